The number of aromatic amines is 1. The van der Waals surface area contributed by atoms with Gasteiger partial charge in [0.1, 0.15) is 11.5 Å². The van der Waals surface area contributed by atoms with Crippen LogP contribution < -0.4 is 4.72 Å². The second-order valence-corrected chi connectivity index (χ2v) is 8.08. The number of nitrogens with one attached hydrogen (secondary N) is 2. The molecule has 2 rings (SSSR count). The summed E-state index contributed by atoms with van der Waals surface area (Å²) >= 11 is 0. The van der Waals surface area contributed by atoms with Crippen LogP contribution in [0.2, 0.25) is 0 Å². The van der Waals surface area contributed by atoms with E-state index in [0.29, 0.717) is 11.3 Å². The van der Waals surface area contributed by atoms with Crippen molar-refractivity contribution >= 4 is 27.7 Å². The molecule has 1 aromatic heterocycles. The lowest BCUT2D eigenvalue weighted by Crippen LogP contribution is -2.20. The van der Waals surface area contributed by atoms with E-state index in [4.69, 9.17) is 9.47 Å². The van der Waals surface area contributed by atoms with E-state index in [0.717, 1.165) is 18.2 Å². The molecule has 0 saturated heterocycles. The molecule has 0 aliphatic rings. The molecule has 9 nitrogen and oxygen atoms in total. The highest BCUT2D eigenvalue weighted by Gasteiger charge is 2.25. The van der Waals surface area contributed by atoms with E-state index >= 15 is 0 Å². The predicted molar refractivity (Wildman–Crippen MR) is 103 cm³/mol. The first-order chi connectivity index (χ1) is 14.0. The average Bonchev–Trinajstić information content (AvgIpc) is 3.00. The van der Waals surface area contributed by atoms with E-state index in [1.807, 2.05) is 0 Å². The molecule has 1 aromatic carbocycles. The van der Waals surface area contributed by atoms with Gasteiger partial charge in [-0.3, -0.25) is 4.79 Å². The third kappa shape index (κ3) is 4.74. The van der Waals surface area contributed by atoms with E-state index < -0.39 is 45.7 Å². The van der Waals surface area contributed by atoms with Crippen molar-refractivity contribution in [3.8, 4) is 0 Å². The van der Waals surface area contributed by atoms with Crippen LogP contribution in [0.3, 0.4) is 0 Å². The van der Waals surface area contributed by atoms with Gasteiger partial charge in [-0.05, 0) is 51.6 Å². The van der Waals surface area contributed by atoms with Crippen LogP contribution in [0, 0.1) is 19.7 Å². The van der Waals surface area contributed by atoms with Crippen molar-refractivity contribution in [3.63, 3.8) is 0 Å². The highest BCUT2D eigenvalue weighted by Crippen LogP contribution is 2.20. The smallest absolute Gasteiger partial charge is 0.355 e. The molecule has 0 amide bonds. The lowest BCUT2D eigenvalue weighted by Gasteiger charge is -2.08. The zero-order valence-corrected chi connectivity index (χ0v) is 17.6. The fraction of sp³-hybridized carbons (Fsp3) is 0.316. The zero-order chi connectivity index (χ0) is 22.6. The SMILES string of the molecule is CCOC(=O)c1[nH]c(C)c(C(=O)COC(=O)c2cc(S(=O)(=O)NC)ccc2F)c1C. The number of Topliss-reactive ketones (excluding diaryl/α,β-unsaturated/α-hetero) is 1. The summed E-state index contributed by atoms with van der Waals surface area (Å²) in [4.78, 5) is 39.1. The molecule has 0 bridgehead atoms. The van der Waals surface area contributed by atoms with Crippen molar-refractivity contribution in [1.29, 1.82) is 0 Å². The van der Waals surface area contributed by atoms with Crippen LogP contribution in [0.15, 0.2) is 23.1 Å². The quantitative estimate of drug-likeness (QED) is 0.473. The number of benzene rings is 1. The topological polar surface area (TPSA) is 132 Å². The largest absolute Gasteiger partial charge is 0.461 e. The maximum atomic E-state index is 14.0. The Morgan fingerprint density at radius 1 is 1.13 bits per heavy atom. The van der Waals surface area contributed by atoms with Gasteiger partial charge in [0.2, 0.25) is 15.8 Å². The molecule has 0 aliphatic heterocycles. The number of H-pyrrole nitrogens is 1. The van der Waals surface area contributed by atoms with Gasteiger partial charge in [-0.1, -0.05) is 0 Å². The molecule has 2 aromatic rings. The Hall–Kier alpha value is -3.05. The maximum Gasteiger partial charge on any atom is 0.355 e. The van der Waals surface area contributed by atoms with E-state index in [2.05, 4.69) is 9.71 Å². The predicted octanol–water partition coefficient (Wildman–Crippen LogP) is 1.90. The van der Waals surface area contributed by atoms with Gasteiger partial charge < -0.3 is 14.5 Å². The van der Waals surface area contributed by atoms with Gasteiger partial charge in [-0.15, -0.1) is 0 Å². The molecule has 0 radical (unpaired) electrons. The molecule has 30 heavy (non-hydrogen) atoms. The van der Waals surface area contributed by atoms with Crippen LogP contribution in [0.25, 0.3) is 0 Å². The number of sulfonamides is 1. The normalized spacial score (nSPS) is 11.2. The van der Waals surface area contributed by atoms with Crippen molar-refractivity contribution in [2.75, 3.05) is 20.3 Å². The first kappa shape index (κ1) is 23.2. The highest BCUT2D eigenvalue weighted by molar-refractivity contribution is 7.89. The van der Waals surface area contributed by atoms with Gasteiger partial charge in [-0.2, -0.15) is 0 Å². The number of halogens is 1. The number of carbonyl (C=O) groups excluding carboxylic acids is 3. The molecular formula is C19H21FN2O7S. The summed E-state index contributed by atoms with van der Waals surface area (Å²) in [6, 6.07) is 2.63. The summed E-state index contributed by atoms with van der Waals surface area (Å²) in [6.07, 6.45) is 0. The molecule has 2 N–H and O–H groups in total. The van der Waals surface area contributed by atoms with Crippen LogP contribution in [0.1, 0.15) is 49.4 Å². The molecule has 0 spiro atoms. The molecule has 0 atom stereocenters. The fourth-order valence-corrected chi connectivity index (χ4v) is 3.56. The number of rotatable bonds is 8. The number of aryl methyl sites for hydroxylation is 1. The summed E-state index contributed by atoms with van der Waals surface area (Å²) < 4.78 is 49.5. The van der Waals surface area contributed by atoms with Gasteiger partial charge in [-0.25, -0.2) is 27.1 Å². The number of aromatic nitrogens is 1. The highest BCUT2D eigenvalue weighted by atomic mass is 32.2. The summed E-state index contributed by atoms with van der Waals surface area (Å²) in [6.45, 7) is 4.17. The zero-order valence-electron chi connectivity index (χ0n) is 16.8. The number of ketones is 1. The molecule has 0 fully saturated rings. The molecular weight excluding hydrogens is 419 g/mol. The number of hydrogen-bond donors (Lipinski definition) is 2. The Balaban J connectivity index is 2.21. The molecule has 0 unspecified atom stereocenters. The van der Waals surface area contributed by atoms with Crippen molar-refractivity contribution in [1.82, 2.24) is 9.71 Å². The summed E-state index contributed by atoms with van der Waals surface area (Å²) in [5.74, 6) is -3.45. The van der Waals surface area contributed by atoms with Gasteiger partial charge in [0.15, 0.2) is 6.61 Å². The Morgan fingerprint density at radius 2 is 1.80 bits per heavy atom. The van der Waals surface area contributed by atoms with Gasteiger partial charge >= 0.3 is 11.9 Å². The first-order valence-electron chi connectivity index (χ1n) is 8.83. The minimum absolute atomic E-state index is 0.111. The van der Waals surface area contributed by atoms with Crippen molar-refractivity contribution < 1.29 is 36.7 Å². The monoisotopic (exact) mass is 440 g/mol. The third-order valence-electron chi connectivity index (χ3n) is 4.27. The van der Waals surface area contributed by atoms with Gasteiger partial charge in [0.05, 0.1) is 17.1 Å². The van der Waals surface area contributed by atoms with Crippen LogP contribution in [0.5, 0.6) is 0 Å². The van der Waals surface area contributed by atoms with E-state index in [1.54, 1.807) is 13.8 Å². The van der Waals surface area contributed by atoms with Crippen LogP contribution in [-0.4, -0.2) is 51.4 Å². The van der Waals surface area contributed by atoms with Crippen LogP contribution >= 0.6 is 0 Å². The summed E-state index contributed by atoms with van der Waals surface area (Å²) in [5, 5.41) is 0. The maximum absolute atomic E-state index is 14.0. The van der Waals surface area contributed by atoms with Crippen LogP contribution in [-0.2, 0) is 19.5 Å². The first-order valence-corrected chi connectivity index (χ1v) is 10.3. The van der Waals surface area contributed by atoms with Crippen molar-refractivity contribution in [2.45, 2.75) is 25.7 Å². The minimum Gasteiger partial charge on any atom is -0.461 e. The van der Waals surface area contributed by atoms with Gasteiger partial charge in [0.25, 0.3) is 0 Å². The Morgan fingerprint density at radius 3 is 2.40 bits per heavy atom. The minimum atomic E-state index is -3.91. The Bertz CT molecular complexity index is 1110. The number of esters is 2. The third-order valence-corrected chi connectivity index (χ3v) is 5.68. The number of ether oxygens (including phenoxy) is 2. The van der Waals surface area contributed by atoms with Crippen LogP contribution in [0.4, 0.5) is 4.39 Å². The molecule has 0 saturated carbocycles. The standard InChI is InChI=1S/C19H21FN2O7S/c1-5-28-19(25)17-10(2)16(11(3)22-17)15(23)9-29-18(24)13-8-12(6-7-14(13)20)30(26,27)21-4/h6-8,21-22H,5,9H2,1-4H3. The summed E-state index contributed by atoms with van der Waals surface area (Å²) in [7, 11) is -2.74. The van der Waals surface area contributed by atoms with Gasteiger partial charge in [0, 0.05) is 11.3 Å². The Labute approximate surface area is 172 Å². The van der Waals surface area contributed by atoms with Crippen molar-refractivity contribution in [3.05, 3.63) is 52.1 Å². The second kappa shape index (κ2) is 9.18. The van der Waals surface area contributed by atoms with Crippen molar-refractivity contribution in [2.24, 2.45) is 0 Å². The molecule has 1 heterocycles. The van der Waals surface area contributed by atoms with E-state index in [1.165, 1.54) is 14.0 Å². The molecule has 162 valence electrons. The molecule has 0 aliphatic carbocycles. The summed E-state index contributed by atoms with van der Waals surface area (Å²) in [5.41, 5.74) is 0.344. The Kier molecular flexibility index (Phi) is 7.11. The molecule has 11 heteroatoms. The number of carbonyl (C=O) groups is 3. The lowest BCUT2D eigenvalue weighted by molar-refractivity contribution is 0.0468. The van der Waals surface area contributed by atoms with E-state index in [9.17, 15) is 27.2 Å². The number of hydrogen-bond acceptors (Lipinski definition) is 7. The second-order valence-electron chi connectivity index (χ2n) is 6.19. The lowest BCUT2D eigenvalue weighted by atomic mass is 10.1. The average molecular weight is 440 g/mol. The fourth-order valence-electron chi connectivity index (χ4n) is 2.80. The van der Waals surface area contributed by atoms with E-state index in [-0.39, 0.29) is 22.8 Å².